The summed E-state index contributed by atoms with van der Waals surface area (Å²) in [6.45, 7) is 4.61. The van der Waals surface area contributed by atoms with Crippen LogP contribution in [-0.4, -0.2) is 5.97 Å². The van der Waals surface area contributed by atoms with Crippen LogP contribution in [0.3, 0.4) is 0 Å². The molecule has 0 radical (unpaired) electrons. The molecule has 0 bridgehead atoms. The Balaban J connectivity index is 2.79. The quantitative estimate of drug-likeness (QED) is 0.773. The minimum atomic E-state index is -1.06. The van der Waals surface area contributed by atoms with Gasteiger partial charge in [-0.3, -0.25) is 4.79 Å². The predicted molar refractivity (Wildman–Crippen MR) is 60.2 cm³/mol. The standard InChI is InChI=1S/C13H15F3O2/c1-4-13(2,3)12(17)18-7-9-10(15)5-8(14)6-11(9)16/h5-6H,4,7H2,1-3H3. The molecule has 0 aliphatic rings. The topological polar surface area (TPSA) is 26.3 Å². The summed E-state index contributed by atoms with van der Waals surface area (Å²) in [5.74, 6) is -3.67. The van der Waals surface area contributed by atoms with Crippen molar-refractivity contribution < 1.29 is 22.7 Å². The molecule has 0 saturated heterocycles. The van der Waals surface area contributed by atoms with E-state index in [4.69, 9.17) is 4.74 Å². The van der Waals surface area contributed by atoms with Gasteiger partial charge in [-0.25, -0.2) is 13.2 Å². The van der Waals surface area contributed by atoms with Crippen LogP contribution in [0.15, 0.2) is 12.1 Å². The maximum Gasteiger partial charge on any atom is 0.311 e. The van der Waals surface area contributed by atoms with Gasteiger partial charge in [0.05, 0.1) is 11.0 Å². The van der Waals surface area contributed by atoms with E-state index in [1.165, 1.54) is 0 Å². The molecule has 0 unspecified atom stereocenters. The molecule has 0 atom stereocenters. The lowest BCUT2D eigenvalue weighted by Gasteiger charge is -2.20. The van der Waals surface area contributed by atoms with Gasteiger partial charge in [-0.05, 0) is 20.3 Å². The monoisotopic (exact) mass is 260 g/mol. The van der Waals surface area contributed by atoms with Crippen molar-refractivity contribution in [2.24, 2.45) is 5.41 Å². The minimum Gasteiger partial charge on any atom is -0.460 e. The molecule has 1 rings (SSSR count). The molecule has 0 aromatic heterocycles. The number of hydrogen-bond acceptors (Lipinski definition) is 2. The molecule has 0 aliphatic heterocycles. The molecule has 1 aromatic rings. The van der Waals surface area contributed by atoms with Crippen LogP contribution in [0, 0.1) is 22.9 Å². The van der Waals surface area contributed by atoms with Crippen LogP contribution in [0.2, 0.25) is 0 Å². The van der Waals surface area contributed by atoms with E-state index in [-0.39, 0.29) is 0 Å². The van der Waals surface area contributed by atoms with Crippen molar-refractivity contribution >= 4 is 5.97 Å². The van der Waals surface area contributed by atoms with Crippen molar-refractivity contribution in [3.8, 4) is 0 Å². The zero-order chi connectivity index (χ0) is 13.9. The molecule has 0 amide bonds. The van der Waals surface area contributed by atoms with Gasteiger partial charge in [0.2, 0.25) is 0 Å². The summed E-state index contributed by atoms with van der Waals surface area (Å²) >= 11 is 0. The predicted octanol–water partition coefficient (Wildman–Crippen LogP) is 3.58. The Morgan fingerprint density at radius 1 is 1.22 bits per heavy atom. The Labute approximate surface area is 104 Å². The molecule has 0 saturated carbocycles. The van der Waals surface area contributed by atoms with Crippen LogP contribution >= 0.6 is 0 Å². The number of ether oxygens (including phenoxy) is 1. The van der Waals surface area contributed by atoms with Gasteiger partial charge in [-0.15, -0.1) is 0 Å². The molecular formula is C13H15F3O2. The third kappa shape index (κ3) is 3.24. The smallest absolute Gasteiger partial charge is 0.311 e. The van der Waals surface area contributed by atoms with Crippen molar-refractivity contribution in [2.45, 2.75) is 33.8 Å². The fourth-order valence-corrected chi connectivity index (χ4v) is 1.19. The number of rotatable bonds is 4. The Hall–Kier alpha value is -1.52. The average Bonchev–Trinajstić information content (AvgIpc) is 2.27. The molecule has 1 aromatic carbocycles. The molecule has 0 fully saturated rings. The number of carbonyl (C=O) groups excluding carboxylic acids is 1. The molecule has 0 spiro atoms. The number of halogens is 3. The van der Waals surface area contributed by atoms with Crippen LogP contribution in [0.5, 0.6) is 0 Å². The van der Waals surface area contributed by atoms with Crippen molar-refractivity contribution in [1.29, 1.82) is 0 Å². The lowest BCUT2D eigenvalue weighted by Crippen LogP contribution is -2.25. The molecule has 0 aliphatic carbocycles. The second-order valence-corrected chi connectivity index (χ2v) is 4.66. The van der Waals surface area contributed by atoms with Crippen molar-refractivity contribution in [1.82, 2.24) is 0 Å². The first-order valence-corrected chi connectivity index (χ1v) is 5.58. The molecule has 0 N–H and O–H groups in total. The van der Waals surface area contributed by atoms with Gasteiger partial charge in [0.1, 0.15) is 24.1 Å². The Morgan fingerprint density at radius 3 is 2.17 bits per heavy atom. The fourth-order valence-electron chi connectivity index (χ4n) is 1.19. The van der Waals surface area contributed by atoms with E-state index >= 15 is 0 Å². The van der Waals surface area contributed by atoms with Crippen LogP contribution in [-0.2, 0) is 16.1 Å². The van der Waals surface area contributed by atoms with E-state index in [1.54, 1.807) is 20.8 Å². The molecular weight excluding hydrogens is 245 g/mol. The first kappa shape index (κ1) is 14.5. The summed E-state index contributed by atoms with van der Waals surface area (Å²) in [6, 6.07) is 1.11. The highest BCUT2D eigenvalue weighted by Gasteiger charge is 2.27. The maximum absolute atomic E-state index is 13.3. The highest BCUT2D eigenvalue weighted by atomic mass is 19.1. The van der Waals surface area contributed by atoms with Crippen LogP contribution in [0.1, 0.15) is 32.8 Å². The Kier molecular flexibility index (Phi) is 4.38. The van der Waals surface area contributed by atoms with E-state index in [9.17, 15) is 18.0 Å². The summed E-state index contributed by atoms with van der Waals surface area (Å²) in [7, 11) is 0. The van der Waals surface area contributed by atoms with Gasteiger partial charge in [0.25, 0.3) is 0 Å². The Bertz CT molecular complexity index is 433. The van der Waals surface area contributed by atoms with E-state index in [1.807, 2.05) is 0 Å². The SMILES string of the molecule is CCC(C)(C)C(=O)OCc1c(F)cc(F)cc1F. The zero-order valence-corrected chi connectivity index (χ0v) is 10.5. The molecule has 18 heavy (non-hydrogen) atoms. The van der Waals surface area contributed by atoms with E-state index < -0.39 is 41.0 Å². The van der Waals surface area contributed by atoms with Crippen LogP contribution in [0.4, 0.5) is 13.2 Å². The van der Waals surface area contributed by atoms with Gasteiger partial charge < -0.3 is 4.74 Å². The summed E-state index contributed by atoms with van der Waals surface area (Å²) in [5.41, 5.74) is -1.16. The largest absolute Gasteiger partial charge is 0.460 e. The van der Waals surface area contributed by atoms with Crippen LogP contribution < -0.4 is 0 Å². The zero-order valence-electron chi connectivity index (χ0n) is 10.5. The third-order valence-electron chi connectivity index (χ3n) is 2.89. The average molecular weight is 260 g/mol. The maximum atomic E-state index is 13.3. The van der Waals surface area contributed by atoms with Crippen LogP contribution in [0.25, 0.3) is 0 Å². The van der Waals surface area contributed by atoms with Gasteiger partial charge in [-0.2, -0.15) is 0 Å². The van der Waals surface area contributed by atoms with E-state index in [2.05, 4.69) is 0 Å². The molecule has 2 nitrogen and oxygen atoms in total. The molecule has 100 valence electrons. The molecule has 5 heteroatoms. The van der Waals surface area contributed by atoms with Crippen molar-refractivity contribution in [3.05, 3.63) is 35.1 Å². The van der Waals surface area contributed by atoms with Crippen molar-refractivity contribution in [3.63, 3.8) is 0 Å². The highest BCUT2D eigenvalue weighted by Crippen LogP contribution is 2.23. The van der Waals surface area contributed by atoms with Gasteiger partial charge in [0.15, 0.2) is 0 Å². The fraction of sp³-hybridized carbons (Fsp3) is 0.462. The van der Waals surface area contributed by atoms with Crippen molar-refractivity contribution in [2.75, 3.05) is 0 Å². The second-order valence-electron chi connectivity index (χ2n) is 4.66. The normalized spacial score (nSPS) is 11.4. The van der Waals surface area contributed by atoms with Gasteiger partial charge in [-0.1, -0.05) is 6.92 Å². The first-order valence-electron chi connectivity index (χ1n) is 5.58. The van der Waals surface area contributed by atoms with E-state index in [0.29, 0.717) is 18.6 Å². The van der Waals surface area contributed by atoms with Gasteiger partial charge >= 0.3 is 5.97 Å². The first-order chi connectivity index (χ1) is 8.27. The highest BCUT2D eigenvalue weighted by molar-refractivity contribution is 5.75. The summed E-state index contributed by atoms with van der Waals surface area (Å²) in [4.78, 5) is 11.6. The summed E-state index contributed by atoms with van der Waals surface area (Å²) < 4.78 is 44.0. The number of esters is 1. The third-order valence-corrected chi connectivity index (χ3v) is 2.89. The minimum absolute atomic E-state index is 0.448. The summed E-state index contributed by atoms with van der Waals surface area (Å²) in [6.07, 6.45) is 0.542. The summed E-state index contributed by atoms with van der Waals surface area (Å²) in [5, 5.41) is 0. The number of carbonyl (C=O) groups is 1. The molecule has 0 heterocycles. The van der Waals surface area contributed by atoms with Gasteiger partial charge in [0, 0.05) is 12.1 Å². The lowest BCUT2D eigenvalue weighted by atomic mass is 9.91. The Morgan fingerprint density at radius 2 is 1.72 bits per heavy atom. The lowest BCUT2D eigenvalue weighted by molar-refractivity contribution is -0.155. The number of hydrogen-bond donors (Lipinski definition) is 0. The van der Waals surface area contributed by atoms with E-state index in [0.717, 1.165) is 0 Å². The number of benzene rings is 1. The second kappa shape index (κ2) is 5.42.